The van der Waals surface area contributed by atoms with Crippen molar-refractivity contribution in [3.8, 4) is 0 Å². The first-order valence-electron chi connectivity index (χ1n) is 14.2. The topological polar surface area (TPSA) is 114 Å². The van der Waals surface area contributed by atoms with Gasteiger partial charge in [-0.3, -0.25) is 19.3 Å². The Labute approximate surface area is 251 Å². The van der Waals surface area contributed by atoms with Crippen molar-refractivity contribution in [2.24, 2.45) is 0 Å². The van der Waals surface area contributed by atoms with Crippen LogP contribution < -0.4 is 15.5 Å². The zero-order chi connectivity index (χ0) is 31.0. The van der Waals surface area contributed by atoms with Crippen LogP contribution in [-0.4, -0.2) is 54.7 Å². The average Bonchev–Trinajstić information content (AvgIpc) is 3.08. The first-order chi connectivity index (χ1) is 20.6. The van der Waals surface area contributed by atoms with E-state index < -0.39 is 41.6 Å². The summed E-state index contributed by atoms with van der Waals surface area (Å²) in [6, 6.07) is 23.8. The van der Waals surface area contributed by atoms with Crippen LogP contribution in [-0.2, 0) is 30.3 Å². The Kier molecular flexibility index (Phi) is 9.98. The molecular formula is C34H37N3O6. The first kappa shape index (κ1) is 31.0. The van der Waals surface area contributed by atoms with E-state index >= 15 is 0 Å². The second-order valence-corrected chi connectivity index (χ2v) is 11.1. The fraction of sp³-hybridized carbons (Fsp3) is 0.294. The molecule has 0 saturated carbocycles. The van der Waals surface area contributed by atoms with Crippen LogP contribution in [0.4, 0.5) is 10.5 Å². The van der Waals surface area contributed by atoms with E-state index in [2.05, 4.69) is 10.6 Å². The minimum atomic E-state index is -1.16. The Hall–Kier alpha value is -4.92. The number of hydrogen-bond donors (Lipinski definition) is 2. The molecule has 224 valence electrons. The SMILES string of the molecule is CCOC(=O)CN1C(=O)C(NC(=O)[C@H](Cc2ccccc2)NC(=O)OC(C)(C)C)C=C(c2ccccc2)c2ccccc21. The summed E-state index contributed by atoms with van der Waals surface area (Å²) in [5.41, 5.74) is 2.80. The second kappa shape index (κ2) is 13.8. The zero-order valence-corrected chi connectivity index (χ0v) is 24.8. The average molecular weight is 584 g/mol. The van der Waals surface area contributed by atoms with E-state index in [1.165, 1.54) is 4.90 Å². The van der Waals surface area contributed by atoms with Gasteiger partial charge in [-0.1, -0.05) is 78.9 Å². The summed E-state index contributed by atoms with van der Waals surface area (Å²) in [7, 11) is 0. The van der Waals surface area contributed by atoms with Crippen LogP contribution in [0.15, 0.2) is 91.0 Å². The van der Waals surface area contributed by atoms with Crippen molar-refractivity contribution in [1.29, 1.82) is 0 Å². The molecule has 0 aliphatic carbocycles. The molecule has 0 aromatic heterocycles. The highest BCUT2D eigenvalue weighted by Gasteiger charge is 2.35. The van der Waals surface area contributed by atoms with Crippen LogP contribution in [0.3, 0.4) is 0 Å². The summed E-state index contributed by atoms with van der Waals surface area (Å²) < 4.78 is 10.6. The molecule has 3 aromatic carbocycles. The number of carbonyl (C=O) groups excluding carboxylic acids is 4. The summed E-state index contributed by atoms with van der Waals surface area (Å²) in [6.07, 6.45) is 1.09. The fourth-order valence-corrected chi connectivity index (χ4v) is 4.79. The Morgan fingerprint density at radius 2 is 1.53 bits per heavy atom. The number of nitrogens with one attached hydrogen (secondary N) is 2. The molecule has 1 heterocycles. The summed E-state index contributed by atoms with van der Waals surface area (Å²) in [5.74, 6) is -1.68. The molecule has 2 N–H and O–H groups in total. The lowest BCUT2D eigenvalue weighted by Crippen LogP contribution is -2.55. The standard InChI is InChI=1S/C34H37N3O6/c1-5-42-30(38)22-37-29-19-13-12-18-25(29)26(24-16-10-7-11-17-24)21-28(32(37)40)35-31(39)27(20-23-14-8-6-9-15-23)36-33(41)43-34(2,3)4/h6-19,21,27-28H,5,20,22H2,1-4H3,(H,35,39)(H,36,41)/t27-,28?/m0/s1. The quantitative estimate of drug-likeness (QED) is 0.355. The van der Waals surface area contributed by atoms with Crippen molar-refractivity contribution < 1.29 is 28.7 Å². The molecule has 1 aliphatic heterocycles. The predicted molar refractivity (Wildman–Crippen MR) is 164 cm³/mol. The summed E-state index contributed by atoms with van der Waals surface area (Å²) in [5, 5.41) is 5.51. The van der Waals surface area contributed by atoms with E-state index in [0.717, 1.165) is 16.7 Å². The lowest BCUT2D eigenvalue weighted by molar-refractivity contribution is -0.142. The molecule has 2 atom stereocenters. The third kappa shape index (κ3) is 8.31. The van der Waals surface area contributed by atoms with Crippen molar-refractivity contribution in [2.75, 3.05) is 18.1 Å². The van der Waals surface area contributed by atoms with Crippen molar-refractivity contribution in [2.45, 2.75) is 51.8 Å². The number of para-hydroxylation sites is 1. The van der Waals surface area contributed by atoms with Gasteiger partial charge >= 0.3 is 12.1 Å². The summed E-state index contributed by atoms with van der Waals surface area (Å²) in [4.78, 5) is 54.6. The maximum atomic E-state index is 14.1. The van der Waals surface area contributed by atoms with E-state index in [0.29, 0.717) is 11.3 Å². The molecule has 43 heavy (non-hydrogen) atoms. The van der Waals surface area contributed by atoms with E-state index in [9.17, 15) is 19.2 Å². The van der Waals surface area contributed by atoms with Gasteiger partial charge in [-0.05, 0) is 56.5 Å². The summed E-state index contributed by atoms with van der Waals surface area (Å²) >= 11 is 0. The number of nitrogens with zero attached hydrogens (tertiary/aromatic N) is 1. The fourth-order valence-electron chi connectivity index (χ4n) is 4.79. The molecule has 3 amide bonds. The Bertz CT molecular complexity index is 1480. The monoisotopic (exact) mass is 583 g/mol. The second-order valence-electron chi connectivity index (χ2n) is 11.1. The lowest BCUT2D eigenvalue weighted by Gasteiger charge is -2.27. The van der Waals surface area contributed by atoms with Crippen LogP contribution in [0.5, 0.6) is 0 Å². The maximum Gasteiger partial charge on any atom is 0.408 e. The number of anilines is 1. The van der Waals surface area contributed by atoms with Gasteiger partial charge in [0, 0.05) is 12.0 Å². The molecule has 4 rings (SSSR count). The number of hydrogen-bond acceptors (Lipinski definition) is 6. The molecule has 3 aromatic rings. The Balaban J connectivity index is 1.73. The molecule has 0 spiro atoms. The maximum absolute atomic E-state index is 14.1. The molecular weight excluding hydrogens is 546 g/mol. The van der Waals surface area contributed by atoms with Gasteiger partial charge in [-0.25, -0.2) is 4.79 Å². The van der Waals surface area contributed by atoms with Gasteiger partial charge in [-0.15, -0.1) is 0 Å². The van der Waals surface area contributed by atoms with Gasteiger partial charge in [0.1, 0.15) is 24.2 Å². The van der Waals surface area contributed by atoms with Gasteiger partial charge < -0.3 is 20.1 Å². The number of benzene rings is 3. The highest BCUT2D eigenvalue weighted by Crippen LogP contribution is 2.35. The van der Waals surface area contributed by atoms with E-state index in [1.54, 1.807) is 45.9 Å². The number of esters is 1. The van der Waals surface area contributed by atoms with Crippen molar-refractivity contribution in [1.82, 2.24) is 10.6 Å². The van der Waals surface area contributed by atoms with Crippen molar-refractivity contribution in [3.63, 3.8) is 0 Å². The Morgan fingerprint density at radius 3 is 2.19 bits per heavy atom. The van der Waals surface area contributed by atoms with Gasteiger partial charge in [0.2, 0.25) is 5.91 Å². The van der Waals surface area contributed by atoms with Crippen LogP contribution in [0, 0.1) is 0 Å². The Morgan fingerprint density at radius 1 is 0.907 bits per heavy atom. The van der Waals surface area contributed by atoms with Crippen molar-refractivity contribution >= 4 is 35.1 Å². The molecule has 1 unspecified atom stereocenters. The largest absolute Gasteiger partial charge is 0.465 e. The van der Waals surface area contributed by atoms with Crippen LogP contribution in [0.2, 0.25) is 0 Å². The zero-order valence-electron chi connectivity index (χ0n) is 24.8. The highest BCUT2D eigenvalue weighted by atomic mass is 16.6. The first-order valence-corrected chi connectivity index (χ1v) is 14.2. The summed E-state index contributed by atoms with van der Waals surface area (Å²) in [6.45, 7) is 6.71. The molecule has 1 aliphatic rings. The predicted octanol–water partition coefficient (Wildman–Crippen LogP) is 4.65. The molecule has 0 radical (unpaired) electrons. The molecule has 9 heteroatoms. The van der Waals surface area contributed by atoms with Crippen LogP contribution >= 0.6 is 0 Å². The number of amides is 3. The third-order valence-corrected chi connectivity index (χ3v) is 6.62. The number of rotatable bonds is 9. The molecule has 9 nitrogen and oxygen atoms in total. The van der Waals surface area contributed by atoms with Crippen molar-refractivity contribution in [3.05, 3.63) is 108 Å². The molecule has 0 fully saturated rings. The lowest BCUT2D eigenvalue weighted by atomic mass is 9.95. The minimum absolute atomic E-state index is 0.160. The smallest absolute Gasteiger partial charge is 0.408 e. The van der Waals surface area contributed by atoms with E-state index in [4.69, 9.17) is 9.47 Å². The van der Waals surface area contributed by atoms with Crippen LogP contribution in [0.1, 0.15) is 44.4 Å². The van der Waals surface area contributed by atoms with Gasteiger partial charge in [-0.2, -0.15) is 0 Å². The highest BCUT2D eigenvalue weighted by molar-refractivity contribution is 6.09. The minimum Gasteiger partial charge on any atom is -0.465 e. The van der Waals surface area contributed by atoms with Gasteiger partial charge in [0.05, 0.1) is 12.3 Å². The normalized spacial score (nSPS) is 15.3. The number of alkyl carbamates (subject to hydrolysis) is 1. The number of fused-ring (bicyclic) bond motifs is 1. The number of carbonyl (C=O) groups is 4. The van der Waals surface area contributed by atoms with E-state index in [1.807, 2.05) is 72.8 Å². The van der Waals surface area contributed by atoms with Crippen LogP contribution in [0.25, 0.3) is 5.57 Å². The van der Waals surface area contributed by atoms with E-state index in [-0.39, 0.29) is 19.6 Å². The van der Waals surface area contributed by atoms with Gasteiger partial charge in [0.25, 0.3) is 5.91 Å². The molecule has 0 bridgehead atoms. The third-order valence-electron chi connectivity index (χ3n) is 6.62. The van der Waals surface area contributed by atoms with Gasteiger partial charge in [0.15, 0.2) is 0 Å². The number of ether oxygens (including phenoxy) is 2. The molecule has 0 saturated heterocycles.